The van der Waals surface area contributed by atoms with E-state index >= 15 is 0 Å². The van der Waals surface area contributed by atoms with Crippen molar-refractivity contribution in [3.63, 3.8) is 0 Å². The normalized spacial score (nSPS) is 12.9. The highest BCUT2D eigenvalue weighted by molar-refractivity contribution is 5.91. The maximum Gasteiger partial charge on any atom is 0.167 e. The molecular weight excluding hydrogens is 371 g/mol. The van der Waals surface area contributed by atoms with E-state index in [-0.39, 0.29) is 5.75 Å². The van der Waals surface area contributed by atoms with Crippen LogP contribution >= 0.6 is 0 Å². The summed E-state index contributed by atoms with van der Waals surface area (Å²) >= 11 is 0. The molecule has 4 aromatic rings. The van der Waals surface area contributed by atoms with Gasteiger partial charge in [-0.15, -0.1) is 10.2 Å². The molecule has 0 atom stereocenters. The lowest BCUT2D eigenvalue weighted by Crippen LogP contribution is -2.02. The second-order valence-corrected chi connectivity index (χ2v) is 7.01. The minimum absolute atomic E-state index is 0.159. The molecule has 1 aliphatic rings. The maximum absolute atomic E-state index is 13.9. The number of aromatic nitrogens is 5. The van der Waals surface area contributed by atoms with Crippen molar-refractivity contribution >= 4 is 22.4 Å². The molecule has 2 aromatic heterocycles. The Kier molecular flexibility index (Phi) is 4.31. The van der Waals surface area contributed by atoms with Gasteiger partial charge in [-0.2, -0.15) is 0 Å². The number of ether oxygens (including phenoxy) is 1. The van der Waals surface area contributed by atoms with Crippen LogP contribution in [0.15, 0.2) is 42.7 Å². The summed E-state index contributed by atoms with van der Waals surface area (Å²) in [5, 5.41) is 12.6. The molecule has 29 heavy (non-hydrogen) atoms. The Hall–Kier alpha value is -3.55. The van der Waals surface area contributed by atoms with Crippen molar-refractivity contribution in [2.75, 3.05) is 12.4 Å². The summed E-state index contributed by atoms with van der Waals surface area (Å²) in [6.07, 6.45) is 4.32. The first-order valence-electron chi connectivity index (χ1n) is 9.46. The zero-order chi connectivity index (χ0) is 19.8. The van der Waals surface area contributed by atoms with E-state index in [0.29, 0.717) is 16.7 Å². The minimum atomic E-state index is -0.450. The van der Waals surface area contributed by atoms with E-state index in [0.717, 1.165) is 48.7 Å². The number of methoxy groups -OCH3 is 1. The summed E-state index contributed by atoms with van der Waals surface area (Å²) in [4.78, 5) is 8.45. The van der Waals surface area contributed by atoms with E-state index in [9.17, 15) is 4.39 Å². The predicted molar refractivity (Wildman–Crippen MR) is 107 cm³/mol. The molecule has 8 heteroatoms. The van der Waals surface area contributed by atoms with Crippen LogP contribution in [0.3, 0.4) is 0 Å². The van der Waals surface area contributed by atoms with Gasteiger partial charge in [-0.05, 0) is 30.2 Å². The summed E-state index contributed by atoms with van der Waals surface area (Å²) < 4.78 is 21.2. The number of nitrogens with one attached hydrogen (secondary N) is 1. The van der Waals surface area contributed by atoms with Crippen molar-refractivity contribution in [1.82, 2.24) is 24.7 Å². The van der Waals surface area contributed by atoms with Crippen LogP contribution in [0.1, 0.15) is 23.6 Å². The van der Waals surface area contributed by atoms with E-state index in [2.05, 4.69) is 42.2 Å². The molecule has 146 valence electrons. The number of aryl methyl sites for hydroxylation is 1. The molecule has 0 bridgehead atoms. The first-order chi connectivity index (χ1) is 14.2. The van der Waals surface area contributed by atoms with Gasteiger partial charge in [-0.1, -0.05) is 12.1 Å². The molecule has 2 aromatic carbocycles. The third-order valence-electron chi connectivity index (χ3n) is 5.17. The van der Waals surface area contributed by atoms with Crippen molar-refractivity contribution in [1.29, 1.82) is 0 Å². The Labute approximate surface area is 166 Å². The van der Waals surface area contributed by atoms with Crippen LogP contribution in [0.5, 0.6) is 5.75 Å². The first-order valence-corrected chi connectivity index (χ1v) is 9.46. The highest BCUT2D eigenvalue weighted by atomic mass is 19.1. The van der Waals surface area contributed by atoms with Crippen LogP contribution in [0.4, 0.5) is 15.9 Å². The highest BCUT2D eigenvalue weighted by Gasteiger charge is 2.17. The fourth-order valence-corrected chi connectivity index (χ4v) is 3.68. The van der Waals surface area contributed by atoms with Crippen LogP contribution in [-0.2, 0) is 19.4 Å². The molecule has 0 spiro atoms. The fourth-order valence-electron chi connectivity index (χ4n) is 3.68. The second kappa shape index (κ2) is 7.12. The van der Waals surface area contributed by atoms with Crippen molar-refractivity contribution < 1.29 is 9.13 Å². The lowest BCUT2D eigenvalue weighted by Gasteiger charge is -2.11. The van der Waals surface area contributed by atoms with Crippen molar-refractivity contribution in [2.45, 2.75) is 25.8 Å². The van der Waals surface area contributed by atoms with Gasteiger partial charge in [-0.3, -0.25) is 0 Å². The molecule has 0 saturated heterocycles. The molecule has 3 heterocycles. The number of nitrogens with zero attached hydrogens (tertiary/aromatic N) is 5. The largest absolute Gasteiger partial charge is 0.494 e. The summed E-state index contributed by atoms with van der Waals surface area (Å²) in [6, 6.07) is 11.1. The average molecular weight is 390 g/mol. The van der Waals surface area contributed by atoms with Gasteiger partial charge in [0.15, 0.2) is 11.6 Å². The van der Waals surface area contributed by atoms with Gasteiger partial charge < -0.3 is 14.6 Å². The number of halogens is 1. The molecule has 1 N–H and O–H groups in total. The first kappa shape index (κ1) is 17.5. The van der Waals surface area contributed by atoms with Gasteiger partial charge in [0.1, 0.15) is 23.8 Å². The standard InChI is InChI=1S/C21H19FN6O/c1-29-18-10-15-17(11-16(18)22)23-12-24-21(15)25-14-6-4-13(5-7-14)9-20-27-26-19-3-2-8-28(19)20/h4-7,10-12H,2-3,8-9H2,1H3,(H,23,24,25). The third-order valence-corrected chi connectivity index (χ3v) is 5.17. The quantitative estimate of drug-likeness (QED) is 0.560. The SMILES string of the molecule is COc1cc2c(Nc3ccc(Cc4nnc5n4CCC5)cc3)ncnc2cc1F. The average Bonchev–Trinajstić information content (AvgIpc) is 3.34. The molecule has 5 rings (SSSR count). The molecular formula is C21H19FN6O. The molecule has 0 unspecified atom stereocenters. The molecule has 0 amide bonds. The Morgan fingerprint density at radius 1 is 1.14 bits per heavy atom. The molecule has 7 nitrogen and oxygen atoms in total. The number of hydrogen-bond donors (Lipinski definition) is 1. The monoisotopic (exact) mass is 390 g/mol. The molecule has 0 fully saturated rings. The molecule has 0 aliphatic carbocycles. The Morgan fingerprint density at radius 3 is 2.83 bits per heavy atom. The molecule has 0 radical (unpaired) electrons. The zero-order valence-electron chi connectivity index (χ0n) is 15.9. The van der Waals surface area contributed by atoms with Crippen LogP contribution < -0.4 is 10.1 Å². The summed E-state index contributed by atoms with van der Waals surface area (Å²) in [5.74, 6) is 2.40. The van der Waals surface area contributed by atoms with Gasteiger partial charge in [0.25, 0.3) is 0 Å². The lowest BCUT2D eigenvalue weighted by atomic mass is 10.1. The van der Waals surface area contributed by atoms with E-state index in [1.54, 1.807) is 6.07 Å². The summed E-state index contributed by atoms with van der Waals surface area (Å²) in [7, 11) is 1.44. The van der Waals surface area contributed by atoms with Gasteiger partial charge in [0.2, 0.25) is 0 Å². The third kappa shape index (κ3) is 3.26. The van der Waals surface area contributed by atoms with Gasteiger partial charge in [0, 0.05) is 36.5 Å². The Bertz CT molecular complexity index is 1190. The molecule has 0 saturated carbocycles. The maximum atomic E-state index is 13.9. The Balaban J connectivity index is 1.38. The van der Waals surface area contributed by atoms with Crippen molar-refractivity contribution in [3.8, 4) is 5.75 Å². The minimum Gasteiger partial charge on any atom is -0.494 e. The number of hydrogen-bond acceptors (Lipinski definition) is 6. The Morgan fingerprint density at radius 2 is 2.00 bits per heavy atom. The topological polar surface area (TPSA) is 77.8 Å². The van der Waals surface area contributed by atoms with E-state index in [1.807, 2.05) is 12.1 Å². The zero-order valence-corrected chi connectivity index (χ0v) is 15.9. The fraction of sp³-hybridized carbons (Fsp3) is 0.238. The predicted octanol–water partition coefficient (Wildman–Crippen LogP) is 3.65. The number of rotatable bonds is 5. The van der Waals surface area contributed by atoms with Crippen molar-refractivity contribution in [2.24, 2.45) is 0 Å². The van der Waals surface area contributed by atoms with Crippen molar-refractivity contribution in [3.05, 3.63) is 65.8 Å². The highest BCUT2D eigenvalue weighted by Crippen LogP contribution is 2.29. The lowest BCUT2D eigenvalue weighted by molar-refractivity contribution is 0.387. The number of fused-ring (bicyclic) bond motifs is 2. The second-order valence-electron chi connectivity index (χ2n) is 7.01. The summed E-state index contributed by atoms with van der Waals surface area (Å²) in [5.41, 5.74) is 2.55. The number of anilines is 2. The molecule has 1 aliphatic heterocycles. The van der Waals surface area contributed by atoms with E-state index < -0.39 is 5.82 Å². The van der Waals surface area contributed by atoms with Gasteiger partial charge >= 0.3 is 0 Å². The van der Waals surface area contributed by atoms with Crippen LogP contribution in [0.2, 0.25) is 0 Å². The van der Waals surface area contributed by atoms with E-state index in [4.69, 9.17) is 4.74 Å². The smallest absolute Gasteiger partial charge is 0.167 e. The van der Waals surface area contributed by atoms with Crippen LogP contribution in [0, 0.1) is 5.82 Å². The van der Waals surface area contributed by atoms with Crippen LogP contribution in [-0.4, -0.2) is 31.8 Å². The summed E-state index contributed by atoms with van der Waals surface area (Å²) in [6.45, 7) is 1.00. The number of benzene rings is 2. The van der Waals surface area contributed by atoms with E-state index in [1.165, 1.54) is 19.5 Å². The van der Waals surface area contributed by atoms with Gasteiger partial charge in [-0.25, -0.2) is 14.4 Å². The van der Waals surface area contributed by atoms with Crippen LogP contribution in [0.25, 0.3) is 10.9 Å². The van der Waals surface area contributed by atoms with Gasteiger partial charge in [0.05, 0.1) is 12.6 Å².